The number of benzene rings is 1. The number of likely N-dealkylation sites (N-methyl/N-ethyl adjacent to an activating group) is 1. The Morgan fingerprint density at radius 1 is 1.27 bits per heavy atom. The molecule has 1 atom stereocenters. The highest BCUT2D eigenvalue weighted by Gasteiger charge is 2.22. The quantitative estimate of drug-likeness (QED) is 0.882. The number of hydrogen-bond donors (Lipinski definition) is 1. The van der Waals surface area contributed by atoms with Gasteiger partial charge in [0.05, 0.1) is 12.1 Å². The van der Waals surface area contributed by atoms with Gasteiger partial charge in [0.1, 0.15) is 17.3 Å². The van der Waals surface area contributed by atoms with Crippen molar-refractivity contribution in [2.45, 2.75) is 32.4 Å². The molecule has 0 spiro atoms. The first kappa shape index (κ1) is 15.3. The summed E-state index contributed by atoms with van der Waals surface area (Å²) in [4.78, 5) is 2.51. The molecule has 2 heterocycles. The fraction of sp³-hybridized carbons (Fsp3) is 0.444. The lowest BCUT2D eigenvalue weighted by Crippen LogP contribution is -2.37. The van der Waals surface area contributed by atoms with Gasteiger partial charge in [0.2, 0.25) is 0 Å². The van der Waals surface area contributed by atoms with E-state index in [4.69, 9.17) is 4.42 Å². The van der Waals surface area contributed by atoms with Crippen LogP contribution in [-0.2, 0) is 6.54 Å². The van der Waals surface area contributed by atoms with Gasteiger partial charge in [-0.15, -0.1) is 0 Å². The van der Waals surface area contributed by atoms with Crippen molar-refractivity contribution in [1.82, 2.24) is 10.2 Å². The molecule has 0 bridgehead atoms. The van der Waals surface area contributed by atoms with E-state index in [9.17, 15) is 4.39 Å². The SMILES string of the molecule is CCN1CCCC1CNCc1ccc(-c2ccccc2F)o1. The predicted molar refractivity (Wildman–Crippen MR) is 86.1 cm³/mol. The van der Waals surface area contributed by atoms with E-state index in [1.54, 1.807) is 12.1 Å². The molecule has 22 heavy (non-hydrogen) atoms. The zero-order valence-corrected chi connectivity index (χ0v) is 13.0. The second-order valence-electron chi connectivity index (χ2n) is 5.80. The van der Waals surface area contributed by atoms with Crippen LogP contribution in [0.1, 0.15) is 25.5 Å². The largest absolute Gasteiger partial charge is 0.460 e. The molecule has 0 amide bonds. The van der Waals surface area contributed by atoms with Gasteiger partial charge in [-0.3, -0.25) is 4.90 Å². The number of likely N-dealkylation sites (tertiary alicyclic amines) is 1. The smallest absolute Gasteiger partial charge is 0.137 e. The number of hydrogen-bond acceptors (Lipinski definition) is 3. The van der Waals surface area contributed by atoms with E-state index in [2.05, 4.69) is 17.1 Å². The van der Waals surface area contributed by atoms with Crippen LogP contribution in [0.25, 0.3) is 11.3 Å². The highest BCUT2D eigenvalue weighted by Crippen LogP contribution is 2.24. The average Bonchev–Trinajstić information content (AvgIpc) is 3.17. The minimum absolute atomic E-state index is 0.249. The third kappa shape index (κ3) is 3.39. The first-order valence-corrected chi connectivity index (χ1v) is 8.06. The average molecular weight is 302 g/mol. The monoisotopic (exact) mass is 302 g/mol. The second-order valence-corrected chi connectivity index (χ2v) is 5.80. The van der Waals surface area contributed by atoms with Crippen LogP contribution in [0.4, 0.5) is 4.39 Å². The molecule has 1 aliphatic heterocycles. The van der Waals surface area contributed by atoms with Gasteiger partial charge >= 0.3 is 0 Å². The van der Waals surface area contributed by atoms with Gasteiger partial charge in [-0.25, -0.2) is 4.39 Å². The third-order valence-electron chi connectivity index (χ3n) is 4.39. The van der Waals surface area contributed by atoms with Crippen molar-refractivity contribution < 1.29 is 8.81 Å². The predicted octanol–water partition coefficient (Wildman–Crippen LogP) is 3.66. The van der Waals surface area contributed by atoms with Crippen LogP contribution in [0.3, 0.4) is 0 Å². The Balaban J connectivity index is 1.55. The number of nitrogens with zero attached hydrogens (tertiary/aromatic N) is 1. The molecule has 0 aliphatic carbocycles. The molecular weight excluding hydrogens is 279 g/mol. The van der Waals surface area contributed by atoms with Crippen molar-refractivity contribution in [3.05, 3.63) is 48.0 Å². The van der Waals surface area contributed by atoms with E-state index < -0.39 is 0 Å². The third-order valence-corrected chi connectivity index (χ3v) is 4.39. The molecule has 1 fully saturated rings. The minimum atomic E-state index is -0.249. The number of furan rings is 1. The maximum absolute atomic E-state index is 13.7. The molecule has 1 aromatic heterocycles. The molecule has 1 saturated heterocycles. The van der Waals surface area contributed by atoms with E-state index >= 15 is 0 Å². The first-order chi connectivity index (χ1) is 10.8. The molecule has 1 unspecified atom stereocenters. The summed E-state index contributed by atoms with van der Waals surface area (Å²) in [7, 11) is 0. The van der Waals surface area contributed by atoms with Crippen LogP contribution >= 0.6 is 0 Å². The lowest BCUT2D eigenvalue weighted by atomic mass is 10.1. The Hall–Kier alpha value is -1.65. The molecule has 1 aromatic carbocycles. The highest BCUT2D eigenvalue weighted by molar-refractivity contribution is 5.58. The van der Waals surface area contributed by atoms with E-state index in [1.807, 2.05) is 18.2 Å². The van der Waals surface area contributed by atoms with Gasteiger partial charge < -0.3 is 9.73 Å². The van der Waals surface area contributed by atoms with Crippen LogP contribution in [0.2, 0.25) is 0 Å². The highest BCUT2D eigenvalue weighted by atomic mass is 19.1. The van der Waals surface area contributed by atoms with Gasteiger partial charge in [0.15, 0.2) is 0 Å². The topological polar surface area (TPSA) is 28.4 Å². The number of halogens is 1. The number of nitrogens with one attached hydrogen (secondary N) is 1. The summed E-state index contributed by atoms with van der Waals surface area (Å²) in [5.74, 6) is 1.19. The Bertz CT molecular complexity index is 611. The van der Waals surface area contributed by atoms with Gasteiger partial charge in [0, 0.05) is 12.6 Å². The Morgan fingerprint density at radius 2 is 2.14 bits per heavy atom. The Labute approximate surface area is 131 Å². The first-order valence-electron chi connectivity index (χ1n) is 8.06. The summed E-state index contributed by atoms with van der Waals surface area (Å²) in [5, 5.41) is 3.46. The molecule has 1 aliphatic rings. The van der Waals surface area contributed by atoms with E-state index in [1.165, 1.54) is 25.5 Å². The summed E-state index contributed by atoms with van der Waals surface area (Å²) in [6.45, 7) is 6.20. The zero-order chi connectivity index (χ0) is 15.4. The fourth-order valence-electron chi connectivity index (χ4n) is 3.18. The lowest BCUT2D eigenvalue weighted by molar-refractivity contribution is 0.258. The van der Waals surface area contributed by atoms with E-state index in [-0.39, 0.29) is 5.82 Å². The van der Waals surface area contributed by atoms with Gasteiger partial charge in [-0.05, 0) is 50.2 Å². The maximum Gasteiger partial charge on any atom is 0.137 e. The summed E-state index contributed by atoms with van der Waals surface area (Å²) < 4.78 is 19.5. The summed E-state index contributed by atoms with van der Waals surface area (Å²) >= 11 is 0. The molecule has 2 aromatic rings. The molecule has 4 heteroatoms. The maximum atomic E-state index is 13.7. The van der Waals surface area contributed by atoms with Crippen molar-refractivity contribution in [3.8, 4) is 11.3 Å². The van der Waals surface area contributed by atoms with Crippen LogP contribution < -0.4 is 5.32 Å². The summed E-state index contributed by atoms with van der Waals surface area (Å²) in [6, 6.07) is 11.1. The minimum Gasteiger partial charge on any atom is -0.460 e. The Morgan fingerprint density at radius 3 is 2.95 bits per heavy atom. The molecule has 3 rings (SSSR count). The van der Waals surface area contributed by atoms with Gasteiger partial charge in [-0.1, -0.05) is 19.1 Å². The van der Waals surface area contributed by atoms with Crippen LogP contribution in [0.5, 0.6) is 0 Å². The van der Waals surface area contributed by atoms with Gasteiger partial charge in [0.25, 0.3) is 0 Å². The zero-order valence-electron chi connectivity index (χ0n) is 13.0. The van der Waals surface area contributed by atoms with Crippen LogP contribution in [0, 0.1) is 5.82 Å². The van der Waals surface area contributed by atoms with Crippen LogP contribution in [0.15, 0.2) is 40.8 Å². The van der Waals surface area contributed by atoms with Crippen LogP contribution in [-0.4, -0.2) is 30.6 Å². The van der Waals surface area contributed by atoms with Crippen molar-refractivity contribution in [2.75, 3.05) is 19.6 Å². The van der Waals surface area contributed by atoms with E-state index in [0.717, 1.165) is 18.8 Å². The van der Waals surface area contributed by atoms with Crippen molar-refractivity contribution >= 4 is 0 Å². The standard InChI is InChI=1S/C18H23FN2O/c1-2-21-11-5-6-14(21)12-20-13-15-9-10-18(22-15)16-7-3-4-8-17(16)19/h3-4,7-10,14,20H,2,5-6,11-13H2,1H3. The number of rotatable bonds is 6. The molecule has 1 N–H and O–H groups in total. The normalized spacial score (nSPS) is 18.9. The molecule has 0 saturated carbocycles. The van der Waals surface area contributed by atoms with Crippen molar-refractivity contribution in [2.24, 2.45) is 0 Å². The summed E-state index contributed by atoms with van der Waals surface area (Å²) in [5.41, 5.74) is 0.515. The van der Waals surface area contributed by atoms with Gasteiger partial charge in [-0.2, -0.15) is 0 Å². The second kappa shape index (κ2) is 7.07. The Kier molecular flexibility index (Phi) is 4.90. The fourth-order valence-corrected chi connectivity index (χ4v) is 3.18. The lowest BCUT2D eigenvalue weighted by Gasteiger charge is -2.22. The molecule has 3 nitrogen and oxygen atoms in total. The molecule has 0 radical (unpaired) electrons. The summed E-state index contributed by atoms with van der Waals surface area (Å²) in [6.07, 6.45) is 2.55. The molecular formula is C18H23FN2O. The van der Waals surface area contributed by atoms with Crippen molar-refractivity contribution in [3.63, 3.8) is 0 Å². The van der Waals surface area contributed by atoms with Crippen molar-refractivity contribution in [1.29, 1.82) is 0 Å². The van der Waals surface area contributed by atoms with E-state index in [0.29, 0.717) is 23.9 Å². The molecule has 118 valence electrons.